The molecule has 0 N–H and O–H groups in total. The molecule has 0 saturated heterocycles. The summed E-state index contributed by atoms with van der Waals surface area (Å²) < 4.78 is 0. The van der Waals surface area contributed by atoms with Crippen molar-refractivity contribution in [2.45, 2.75) is 64.6 Å². The molecule has 2 rings (SSSR count). The second kappa shape index (κ2) is 5.13. The van der Waals surface area contributed by atoms with Gasteiger partial charge in [-0.1, -0.05) is 53.7 Å². The lowest BCUT2D eigenvalue weighted by molar-refractivity contribution is -0.431. The molecular formula is C16H27NO2Si. The zero-order valence-electron chi connectivity index (χ0n) is 13.5. The molecule has 20 heavy (non-hydrogen) atoms. The molecule has 0 heterocycles. The van der Waals surface area contributed by atoms with Gasteiger partial charge in [-0.05, 0) is 28.2 Å². The first-order valence-corrected chi connectivity index (χ1v) is 10.0. The van der Waals surface area contributed by atoms with Gasteiger partial charge in [-0.25, -0.2) is 0 Å². The van der Waals surface area contributed by atoms with E-state index in [2.05, 4.69) is 53.7 Å². The fourth-order valence-corrected chi connectivity index (χ4v) is 12.7. The van der Waals surface area contributed by atoms with Crippen LogP contribution < -0.4 is 0 Å². The monoisotopic (exact) mass is 293 g/mol. The molecule has 2 bridgehead atoms. The van der Waals surface area contributed by atoms with E-state index in [0.717, 1.165) is 6.42 Å². The Balaban J connectivity index is 2.67. The summed E-state index contributed by atoms with van der Waals surface area (Å²) in [6.07, 6.45) is 5.25. The number of rotatable bonds is 5. The molecule has 3 nitrogen and oxygen atoms in total. The highest BCUT2D eigenvalue weighted by atomic mass is 28.3. The Bertz CT molecular complexity index is 455. The van der Waals surface area contributed by atoms with E-state index < -0.39 is 8.07 Å². The predicted octanol–water partition coefficient (Wildman–Crippen LogP) is 4.94. The van der Waals surface area contributed by atoms with Crippen molar-refractivity contribution in [3.63, 3.8) is 0 Å². The minimum absolute atomic E-state index is 0.0710. The van der Waals surface area contributed by atoms with Gasteiger partial charge >= 0.3 is 0 Å². The van der Waals surface area contributed by atoms with Crippen LogP contribution in [0.3, 0.4) is 0 Å². The third-order valence-corrected chi connectivity index (χ3v) is 12.9. The molecule has 2 aliphatic carbocycles. The molecule has 0 spiro atoms. The fourth-order valence-electron chi connectivity index (χ4n) is 5.22. The summed E-state index contributed by atoms with van der Waals surface area (Å²) in [7, 11) is -1.89. The van der Waals surface area contributed by atoms with Crippen molar-refractivity contribution in [1.82, 2.24) is 0 Å². The van der Waals surface area contributed by atoms with E-state index in [1.54, 1.807) is 0 Å². The van der Waals surface area contributed by atoms with E-state index in [1.807, 2.05) is 0 Å². The van der Waals surface area contributed by atoms with Gasteiger partial charge in [0.05, 0.1) is 18.9 Å². The molecule has 0 saturated carbocycles. The number of fused-ring (bicyclic) bond motifs is 2. The number of nitro groups is 1. The van der Waals surface area contributed by atoms with Crippen LogP contribution in [-0.2, 0) is 0 Å². The molecule has 0 aromatic rings. The maximum atomic E-state index is 11.7. The zero-order chi connectivity index (χ0) is 15.2. The lowest BCUT2D eigenvalue weighted by atomic mass is 10.1. The molecule has 0 unspecified atom stereocenters. The molecule has 0 amide bonds. The summed E-state index contributed by atoms with van der Waals surface area (Å²) in [5, 5.41) is 12.9. The van der Waals surface area contributed by atoms with Crippen LogP contribution in [0.25, 0.3) is 0 Å². The quantitative estimate of drug-likeness (QED) is 0.312. The lowest BCUT2D eigenvalue weighted by Gasteiger charge is -2.45. The maximum absolute atomic E-state index is 11.7. The first-order chi connectivity index (χ1) is 9.24. The van der Waals surface area contributed by atoms with Crippen molar-refractivity contribution < 1.29 is 4.92 Å². The molecule has 112 valence electrons. The van der Waals surface area contributed by atoms with Gasteiger partial charge in [-0.2, -0.15) is 0 Å². The van der Waals surface area contributed by atoms with Crippen LogP contribution in [0.1, 0.15) is 48.0 Å². The van der Waals surface area contributed by atoms with Gasteiger partial charge in [0.1, 0.15) is 0 Å². The summed E-state index contributed by atoms with van der Waals surface area (Å²) in [5.74, 6) is 0.424. The van der Waals surface area contributed by atoms with Crippen LogP contribution in [0.15, 0.2) is 23.0 Å². The lowest BCUT2D eigenvalue weighted by Crippen LogP contribution is -2.49. The van der Waals surface area contributed by atoms with E-state index in [1.165, 1.54) is 5.20 Å². The van der Waals surface area contributed by atoms with Gasteiger partial charge in [0.2, 0.25) is 5.70 Å². The third-order valence-electron chi connectivity index (χ3n) is 5.61. The summed E-state index contributed by atoms with van der Waals surface area (Å²) in [5.41, 5.74) is 2.20. The van der Waals surface area contributed by atoms with E-state index >= 15 is 0 Å². The Morgan fingerprint density at radius 2 is 1.50 bits per heavy atom. The number of allylic oxidation sites excluding steroid dienone is 3. The Kier molecular flexibility index (Phi) is 3.98. The highest BCUT2D eigenvalue weighted by Gasteiger charge is 2.56. The first kappa shape index (κ1) is 15.5. The minimum atomic E-state index is -1.89. The van der Waals surface area contributed by atoms with Crippen LogP contribution in [0.4, 0.5) is 0 Å². The van der Waals surface area contributed by atoms with Gasteiger partial charge in [0.25, 0.3) is 0 Å². The van der Waals surface area contributed by atoms with Gasteiger partial charge in [0.15, 0.2) is 0 Å². The Morgan fingerprint density at radius 3 is 1.90 bits per heavy atom. The second-order valence-corrected chi connectivity index (χ2v) is 13.2. The zero-order valence-corrected chi connectivity index (χ0v) is 14.5. The maximum Gasteiger partial charge on any atom is 0.249 e. The average molecular weight is 293 g/mol. The van der Waals surface area contributed by atoms with E-state index in [4.69, 9.17) is 0 Å². The van der Waals surface area contributed by atoms with E-state index in [0.29, 0.717) is 28.2 Å². The Morgan fingerprint density at radius 1 is 1.05 bits per heavy atom. The summed E-state index contributed by atoms with van der Waals surface area (Å²) >= 11 is 0. The first-order valence-electron chi connectivity index (χ1n) is 7.81. The van der Waals surface area contributed by atoms with Crippen molar-refractivity contribution in [3.8, 4) is 0 Å². The molecule has 0 aromatic heterocycles. The molecular weight excluding hydrogens is 266 g/mol. The molecule has 2 aliphatic rings. The number of hydrogen-bond donors (Lipinski definition) is 0. The Hall–Kier alpha value is -0.903. The van der Waals surface area contributed by atoms with Crippen molar-refractivity contribution in [1.29, 1.82) is 0 Å². The van der Waals surface area contributed by atoms with Crippen LogP contribution in [0.5, 0.6) is 0 Å². The van der Waals surface area contributed by atoms with Crippen LogP contribution in [0.2, 0.25) is 16.6 Å². The van der Waals surface area contributed by atoms with Crippen LogP contribution in [0, 0.1) is 22.0 Å². The second-order valence-electron chi connectivity index (χ2n) is 7.29. The molecule has 0 fully saturated rings. The largest absolute Gasteiger partial charge is 0.259 e. The third kappa shape index (κ3) is 1.91. The van der Waals surface area contributed by atoms with Crippen molar-refractivity contribution in [3.05, 3.63) is 33.2 Å². The summed E-state index contributed by atoms with van der Waals surface area (Å²) in [6.45, 7) is 13.7. The smallest absolute Gasteiger partial charge is 0.249 e. The highest BCUT2D eigenvalue weighted by Crippen LogP contribution is 2.56. The van der Waals surface area contributed by atoms with E-state index in [-0.39, 0.29) is 10.8 Å². The molecule has 2 atom stereocenters. The normalized spacial score (nSPS) is 25.6. The predicted molar refractivity (Wildman–Crippen MR) is 85.8 cm³/mol. The number of nitrogens with zero attached hydrogens (tertiary/aromatic N) is 1. The Labute approximate surface area is 123 Å². The average Bonchev–Trinajstić information content (AvgIpc) is 2.88. The molecule has 0 aromatic carbocycles. The molecule has 4 heteroatoms. The summed E-state index contributed by atoms with van der Waals surface area (Å²) in [4.78, 5) is 11.6. The van der Waals surface area contributed by atoms with Gasteiger partial charge < -0.3 is 0 Å². The fraction of sp³-hybridized carbons (Fsp3) is 0.750. The van der Waals surface area contributed by atoms with Crippen LogP contribution in [-0.4, -0.2) is 13.0 Å². The minimum Gasteiger partial charge on any atom is -0.259 e. The van der Waals surface area contributed by atoms with Crippen molar-refractivity contribution in [2.75, 3.05) is 0 Å². The van der Waals surface area contributed by atoms with Gasteiger partial charge in [-0.15, -0.1) is 0 Å². The molecule has 0 aliphatic heterocycles. The molecule has 0 radical (unpaired) electrons. The topological polar surface area (TPSA) is 43.1 Å². The highest BCUT2D eigenvalue weighted by molar-refractivity contribution is 6.90. The van der Waals surface area contributed by atoms with Gasteiger partial charge in [0, 0.05) is 5.92 Å². The van der Waals surface area contributed by atoms with E-state index in [9.17, 15) is 10.1 Å². The van der Waals surface area contributed by atoms with Crippen molar-refractivity contribution in [2.24, 2.45) is 11.8 Å². The van der Waals surface area contributed by atoms with Crippen LogP contribution >= 0.6 is 0 Å². The van der Waals surface area contributed by atoms with Crippen molar-refractivity contribution >= 4 is 8.07 Å². The standard InChI is InChI=1S/C16H27NO2Si/c1-10(2)20(11(3)4,12(5)6)16-14-8-7-13(9-14)15(16)17(18)19/h7-8,10-14H,9H2,1-6H3/t13-,14+/m0/s1. The van der Waals surface area contributed by atoms with Gasteiger partial charge in [-0.3, -0.25) is 10.1 Å². The summed E-state index contributed by atoms with van der Waals surface area (Å²) in [6, 6.07) is 0. The SMILES string of the molecule is CC(C)[Si](C1=C([N+](=O)[O-])[C@H]2C=C[C@@H]1C2)(C(C)C)C(C)C. The number of hydrogen-bond acceptors (Lipinski definition) is 2.